The zero-order chi connectivity index (χ0) is 19.7. The number of hydrogen-bond donors (Lipinski definition) is 1. The molecule has 148 valence electrons. The molecular weight excluding hydrogens is 363 g/mol. The van der Waals surface area contributed by atoms with Crippen molar-refractivity contribution in [2.24, 2.45) is 11.8 Å². The molecule has 2 aliphatic rings. The normalized spacial score (nSPS) is 24.1. The summed E-state index contributed by atoms with van der Waals surface area (Å²) < 4.78 is 25.0. The molecule has 1 aliphatic carbocycles. The Morgan fingerprint density at radius 3 is 2.64 bits per heavy atom. The van der Waals surface area contributed by atoms with Crippen LogP contribution in [0, 0.1) is 17.7 Å². The summed E-state index contributed by atoms with van der Waals surface area (Å²) in [5, 5.41) is 9.28. The monoisotopic (exact) mass is 386 g/mol. The summed E-state index contributed by atoms with van der Waals surface area (Å²) in [5.74, 6) is 1.30. The van der Waals surface area contributed by atoms with E-state index in [0.717, 1.165) is 25.9 Å². The molecule has 1 aliphatic heterocycles. The summed E-state index contributed by atoms with van der Waals surface area (Å²) in [6.07, 6.45) is 2.96. The number of ether oxygens (including phenoxy) is 2. The highest BCUT2D eigenvalue weighted by atomic mass is 19.1. The summed E-state index contributed by atoms with van der Waals surface area (Å²) in [6, 6.07) is 7.52. The highest BCUT2D eigenvalue weighted by Crippen LogP contribution is 2.40. The molecule has 1 aromatic heterocycles. The Labute approximate surface area is 162 Å². The number of carbonyl (C=O) groups excluding carboxylic acids is 1. The molecule has 3 atom stereocenters. The van der Waals surface area contributed by atoms with E-state index in [2.05, 4.69) is 9.88 Å². The van der Waals surface area contributed by atoms with Crippen LogP contribution in [0.15, 0.2) is 36.5 Å². The molecule has 1 N–H and O–H groups in total. The molecule has 7 heteroatoms. The average molecular weight is 386 g/mol. The van der Waals surface area contributed by atoms with Crippen LogP contribution in [0.1, 0.15) is 23.3 Å². The van der Waals surface area contributed by atoms with Crippen LogP contribution in [0.2, 0.25) is 0 Å². The largest absolute Gasteiger partial charge is 0.506 e. The van der Waals surface area contributed by atoms with Gasteiger partial charge in [0.25, 0.3) is 0 Å². The van der Waals surface area contributed by atoms with E-state index in [1.165, 1.54) is 18.3 Å². The van der Waals surface area contributed by atoms with E-state index < -0.39 is 0 Å². The molecule has 0 radical (unpaired) electrons. The summed E-state index contributed by atoms with van der Waals surface area (Å²) >= 11 is 0. The summed E-state index contributed by atoms with van der Waals surface area (Å²) in [4.78, 5) is 18.5. The lowest BCUT2D eigenvalue weighted by atomic mass is 10.0. The lowest BCUT2D eigenvalue weighted by Crippen LogP contribution is -2.30. The first-order valence-corrected chi connectivity index (χ1v) is 9.42. The number of hydrogen-bond acceptors (Lipinski definition) is 6. The van der Waals surface area contributed by atoms with Gasteiger partial charge in [0, 0.05) is 19.2 Å². The second-order valence-corrected chi connectivity index (χ2v) is 7.55. The first kappa shape index (κ1) is 18.7. The second-order valence-electron chi connectivity index (χ2n) is 7.55. The van der Waals surface area contributed by atoms with Crippen molar-refractivity contribution in [3.63, 3.8) is 0 Å². The van der Waals surface area contributed by atoms with Crippen molar-refractivity contribution in [2.75, 3.05) is 26.7 Å². The number of rotatable bonds is 6. The maximum absolute atomic E-state index is 14.0. The van der Waals surface area contributed by atoms with Crippen molar-refractivity contribution in [3.8, 4) is 17.2 Å². The van der Waals surface area contributed by atoms with Gasteiger partial charge in [0.15, 0.2) is 17.3 Å². The van der Waals surface area contributed by atoms with Gasteiger partial charge in [-0.05, 0) is 48.9 Å². The standard InChI is InChI=1S/C21H23FN2O4/c1-27-16-3-4-18(22)21(8-16)28-17-6-13-10-24(11-14(13)7-17)12-20(26)19-5-2-15(25)9-23-19/h2-5,8-9,13-14,17,25H,6-7,10-12H2,1H3/t13-,14+,17?. The fourth-order valence-electron chi connectivity index (χ4n) is 4.28. The maximum atomic E-state index is 14.0. The van der Waals surface area contributed by atoms with Gasteiger partial charge in [-0.15, -0.1) is 0 Å². The van der Waals surface area contributed by atoms with E-state index in [1.54, 1.807) is 25.3 Å². The number of methoxy groups -OCH3 is 1. The van der Waals surface area contributed by atoms with Gasteiger partial charge in [-0.2, -0.15) is 0 Å². The number of aromatic nitrogens is 1. The summed E-state index contributed by atoms with van der Waals surface area (Å²) in [5.41, 5.74) is 0.365. The Bertz CT molecular complexity index is 844. The molecule has 28 heavy (non-hydrogen) atoms. The summed E-state index contributed by atoms with van der Waals surface area (Å²) in [7, 11) is 1.54. The zero-order valence-corrected chi connectivity index (χ0v) is 15.7. The van der Waals surface area contributed by atoms with E-state index >= 15 is 0 Å². The number of halogens is 1. The minimum absolute atomic E-state index is 0.0202. The number of ketones is 1. The van der Waals surface area contributed by atoms with Crippen molar-refractivity contribution in [2.45, 2.75) is 18.9 Å². The number of fused-ring (bicyclic) bond motifs is 1. The van der Waals surface area contributed by atoms with Crippen LogP contribution in [0.25, 0.3) is 0 Å². The fourth-order valence-corrected chi connectivity index (χ4v) is 4.28. The average Bonchev–Trinajstić information content (AvgIpc) is 3.21. The third-order valence-corrected chi connectivity index (χ3v) is 5.62. The van der Waals surface area contributed by atoms with Gasteiger partial charge < -0.3 is 14.6 Å². The Morgan fingerprint density at radius 2 is 2.00 bits per heavy atom. The van der Waals surface area contributed by atoms with Crippen molar-refractivity contribution in [1.82, 2.24) is 9.88 Å². The third-order valence-electron chi connectivity index (χ3n) is 5.62. The molecule has 2 aromatic rings. The van der Waals surface area contributed by atoms with Crippen molar-refractivity contribution >= 4 is 5.78 Å². The number of pyridine rings is 1. The van der Waals surface area contributed by atoms with Crippen molar-refractivity contribution in [3.05, 3.63) is 48.0 Å². The number of Topliss-reactive ketones (excluding diaryl/α,β-unsaturated/α-hetero) is 1. The number of aromatic hydroxyl groups is 1. The molecule has 0 bridgehead atoms. The minimum atomic E-state index is -0.383. The molecule has 4 rings (SSSR count). The molecule has 6 nitrogen and oxygen atoms in total. The molecule has 1 aromatic carbocycles. The van der Waals surface area contributed by atoms with Gasteiger partial charge in [0.2, 0.25) is 0 Å². The van der Waals surface area contributed by atoms with Crippen LogP contribution in [0.5, 0.6) is 17.2 Å². The van der Waals surface area contributed by atoms with E-state index in [1.807, 2.05) is 0 Å². The Kier molecular flexibility index (Phi) is 5.17. The molecule has 0 spiro atoms. The van der Waals surface area contributed by atoms with Crippen LogP contribution in [-0.2, 0) is 0 Å². The van der Waals surface area contributed by atoms with Gasteiger partial charge in [-0.25, -0.2) is 9.37 Å². The minimum Gasteiger partial charge on any atom is -0.506 e. The molecular formula is C21H23FN2O4. The van der Waals surface area contributed by atoms with Crippen LogP contribution in [0.3, 0.4) is 0 Å². The van der Waals surface area contributed by atoms with E-state index in [4.69, 9.17) is 9.47 Å². The molecule has 1 unspecified atom stereocenters. The molecule has 0 amide bonds. The number of nitrogens with zero attached hydrogens (tertiary/aromatic N) is 2. The van der Waals surface area contributed by atoms with E-state index in [0.29, 0.717) is 29.8 Å². The fraction of sp³-hybridized carbons (Fsp3) is 0.429. The first-order chi connectivity index (χ1) is 13.5. The van der Waals surface area contributed by atoms with Crippen molar-refractivity contribution in [1.29, 1.82) is 0 Å². The highest BCUT2D eigenvalue weighted by Gasteiger charge is 2.42. The molecule has 2 heterocycles. The lowest BCUT2D eigenvalue weighted by molar-refractivity contribution is 0.0931. The van der Waals surface area contributed by atoms with Crippen LogP contribution < -0.4 is 9.47 Å². The van der Waals surface area contributed by atoms with E-state index in [-0.39, 0.29) is 29.2 Å². The quantitative estimate of drug-likeness (QED) is 0.770. The number of likely N-dealkylation sites (tertiary alicyclic amines) is 1. The smallest absolute Gasteiger partial charge is 0.195 e. The molecule has 1 saturated carbocycles. The maximum Gasteiger partial charge on any atom is 0.195 e. The Hall–Kier alpha value is -2.67. The third kappa shape index (κ3) is 3.94. The van der Waals surface area contributed by atoms with Crippen molar-refractivity contribution < 1.29 is 23.8 Å². The zero-order valence-electron chi connectivity index (χ0n) is 15.7. The van der Waals surface area contributed by atoms with Gasteiger partial charge in [0.1, 0.15) is 17.2 Å². The topological polar surface area (TPSA) is 71.9 Å². The van der Waals surface area contributed by atoms with Crippen LogP contribution in [0.4, 0.5) is 4.39 Å². The van der Waals surface area contributed by atoms with Gasteiger partial charge in [-0.1, -0.05) is 0 Å². The van der Waals surface area contributed by atoms with Crippen LogP contribution in [-0.4, -0.2) is 53.6 Å². The number of carbonyl (C=O) groups is 1. The van der Waals surface area contributed by atoms with Gasteiger partial charge in [-0.3, -0.25) is 9.69 Å². The number of benzene rings is 1. The Balaban J connectivity index is 1.31. The molecule has 1 saturated heterocycles. The lowest BCUT2D eigenvalue weighted by Gasteiger charge is -2.19. The predicted molar refractivity (Wildman–Crippen MR) is 100 cm³/mol. The predicted octanol–water partition coefficient (Wildman–Crippen LogP) is 2.91. The summed E-state index contributed by atoms with van der Waals surface area (Å²) in [6.45, 7) is 1.98. The molecule has 2 fully saturated rings. The van der Waals surface area contributed by atoms with Crippen LogP contribution >= 0.6 is 0 Å². The van der Waals surface area contributed by atoms with Gasteiger partial charge in [0.05, 0.1) is 26.0 Å². The SMILES string of the molecule is COc1ccc(F)c(OC2C[C@@H]3CN(CC(=O)c4ccc(O)cn4)C[C@@H]3C2)c1. The Morgan fingerprint density at radius 1 is 1.25 bits per heavy atom. The highest BCUT2D eigenvalue weighted by molar-refractivity contribution is 5.95. The first-order valence-electron chi connectivity index (χ1n) is 9.42. The van der Waals surface area contributed by atoms with E-state index in [9.17, 15) is 14.3 Å². The second kappa shape index (κ2) is 7.75. The van der Waals surface area contributed by atoms with Gasteiger partial charge >= 0.3 is 0 Å².